The molecule has 0 radical (unpaired) electrons. The van der Waals surface area contributed by atoms with Crippen LogP contribution >= 0.6 is 0 Å². The number of benzene rings is 2. The second-order valence-corrected chi connectivity index (χ2v) is 5.78. The van der Waals surface area contributed by atoms with Gasteiger partial charge >= 0.3 is 0 Å². The molecular formula is C20H25NO3. The highest BCUT2D eigenvalue weighted by molar-refractivity contribution is 5.80. The van der Waals surface area contributed by atoms with Crippen LogP contribution in [0.25, 0.3) is 0 Å². The number of amides is 1. The zero-order valence-corrected chi connectivity index (χ0v) is 14.5. The molecule has 4 heteroatoms. The Balaban J connectivity index is 1.73. The Morgan fingerprint density at radius 1 is 1.12 bits per heavy atom. The molecule has 0 spiro atoms. The van der Waals surface area contributed by atoms with Gasteiger partial charge in [0.05, 0.1) is 7.11 Å². The molecule has 0 aliphatic rings. The Morgan fingerprint density at radius 2 is 1.83 bits per heavy atom. The van der Waals surface area contributed by atoms with Crippen LogP contribution in [0.4, 0.5) is 0 Å². The summed E-state index contributed by atoms with van der Waals surface area (Å²) in [5.41, 5.74) is 2.31. The quantitative estimate of drug-likeness (QED) is 0.755. The lowest BCUT2D eigenvalue weighted by Crippen LogP contribution is -2.36. The lowest BCUT2D eigenvalue weighted by atomic mass is 10.1. The number of aryl methyl sites for hydroxylation is 2. The zero-order chi connectivity index (χ0) is 17.4. The van der Waals surface area contributed by atoms with E-state index in [2.05, 4.69) is 5.32 Å². The van der Waals surface area contributed by atoms with E-state index < -0.39 is 6.10 Å². The fourth-order valence-electron chi connectivity index (χ4n) is 2.42. The average Bonchev–Trinajstić information content (AvgIpc) is 2.60. The summed E-state index contributed by atoms with van der Waals surface area (Å²) in [5.74, 6) is 1.49. The van der Waals surface area contributed by atoms with Crippen LogP contribution in [0.15, 0.2) is 48.5 Å². The van der Waals surface area contributed by atoms with E-state index in [1.807, 2.05) is 55.5 Å². The Morgan fingerprint density at radius 3 is 2.54 bits per heavy atom. The average molecular weight is 327 g/mol. The molecule has 0 saturated heterocycles. The number of carbonyl (C=O) groups is 1. The predicted octanol–water partition coefficient (Wildman–Crippen LogP) is 3.52. The molecule has 0 aliphatic carbocycles. The summed E-state index contributed by atoms with van der Waals surface area (Å²) < 4.78 is 11.0. The molecule has 0 unspecified atom stereocenters. The molecular weight excluding hydrogens is 302 g/mol. The van der Waals surface area contributed by atoms with Crippen LogP contribution in [0.1, 0.15) is 24.5 Å². The summed E-state index contributed by atoms with van der Waals surface area (Å²) >= 11 is 0. The number of hydrogen-bond donors (Lipinski definition) is 1. The van der Waals surface area contributed by atoms with Crippen molar-refractivity contribution in [2.45, 2.75) is 32.8 Å². The van der Waals surface area contributed by atoms with Crippen molar-refractivity contribution >= 4 is 5.91 Å². The van der Waals surface area contributed by atoms with Crippen molar-refractivity contribution < 1.29 is 14.3 Å². The molecule has 4 nitrogen and oxygen atoms in total. The summed E-state index contributed by atoms with van der Waals surface area (Å²) in [6.45, 7) is 4.38. The van der Waals surface area contributed by atoms with Gasteiger partial charge in [-0.3, -0.25) is 4.79 Å². The second kappa shape index (κ2) is 8.96. The predicted molar refractivity (Wildman–Crippen MR) is 95.6 cm³/mol. The van der Waals surface area contributed by atoms with E-state index >= 15 is 0 Å². The molecule has 1 N–H and O–H groups in total. The van der Waals surface area contributed by atoms with Crippen molar-refractivity contribution in [1.82, 2.24) is 5.32 Å². The number of ether oxygens (including phenoxy) is 2. The van der Waals surface area contributed by atoms with Gasteiger partial charge in [0, 0.05) is 6.54 Å². The molecule has 1 atom stereocenters. The van der Waals surface area contributed by atoms with Crippen LogP contribution in [0.3, 0.4) is 0 Å². The van der Waals surface area contributed by atoms with E-state index in [4.69, 9.17) is 9.47 Å². The van der Waals surface area contributed by atoms with E-state index in [0.717, 1.165) is 29.7 Å². The highest BCUT2D eigenvalue weighted by Gasteiger charge is 2.14. The van der Waals surface area contributed by atoms with Gasteiger partial charge in [-0.25, -0.2) is 0 Å². The highest BCUT2D eigenvalue weighted by atomic mass is 16.5. The van der Waals surface area contributed by atoms with Crippen molar-refractivity contribution in [3.8, 4) is 11.5 Å². The fourth-order valence-corrected chi connectivity index (χ4v) is 2.42. The molecule has 0 saturated carbocycles. The van der Waals surface area contributed by atoms with Gasteiger partial charge in [-0.2, -0.15) is 0 Å². The molecule has 0 fully saturated rings. The molecule has 0 bridgehead atoms. The first-order valence-corrected chi connectivity index (χ1v) is 8.23. The molecule has 0 aromatic heterocycles. The fraction of sp³-hybridized carbons (Fsp3) is 0.350. The van der Waals surface area contributed by atoms with Crippen LogP contribution in [-0.4, -0.2) is 25.7 Å². The molecule has 2 aromatic carbocycles. The van der Waals surface area contributed by atoms with Gasteiger partial charge in [-0.1, -0.05) is 35.9 Å². The molecule has 128 valence electrons. The third kappa shape index (κ3) is 5.30. The van der Waals surface area contributed by atoms with Crippen LogP contribution in [0, 0.1) is 6.92 Å². The highest BCUT2D eigenvalue weighted by Crippen LogP contribution is 2.18. The lowest BCUT2D eigenvalue weighted by Gasteiger charge is -2.15. The Hall–Kier alpha value is -2.49. The monoisotopic (exact) mass is 327 g/mol. The van der Waals surface area contributed by atoms with Gasteiger partial charge in [0.2, 0.25) is 0 Å². The van der Waals surface area contributed by atoms with Crippen LogP contribution in [-0.2, 0) is 11.2 Å². The maximum Gasteiger partial charge on any atom is 0.260 e. The van der Waals surface area contributed by atoms with Crippen molar-refractivity contribution in [2.75, 3.05) is 13.7 Å². The van der Waals surface area contributed by atoms with Crippen LogP contribution in [0.5, 0.6) is 11.5 Å². The number of carbonyl (C=O) groups excluding carboxylic acids is 1. The Bertz CT molecular complexity index is 652. The third-order valence-electron chi connectivity index (χ3n) is 3.82. The van der Waals surface area contributed by atoms with Crippen LogP contribution in [0.2, 0.25) is 0 Å². The Kier molecular flexibility index (Phi) is 6.67. The summed E-state index contributed by atoms with van der Waals surface area (Å²) in [6.07, 6.45) is 1.19. The van der Waals surface area contributed by atoms with Crippen molar-refractivity contribution in [3.63, 3.8) is 0 Å². The molecule has 2 aromatic rings. The molecule has 0 aliphatic heterocycles. The van der Waals surface area contributed by atoms with Gasteiger partial charge in [0.15, 0.2) is 6.10 Å². The summed E-state index contributed by atoms with van der Waals surface area (Å²) in [7, 11) is 1.67. The van der Waals surface area contributed by atoms with E-state index in [9.17, 15) is 4.79 Å². The van der Waals surface area contributed by atoms with E-state index in [-0.39, 0.29) is 5.91 Å². The lowest BCUT2D eigenvalue weighted by molar-refractivity contribution is -0.127. The first-order chi connectivity index (χ1) is 11.6. The maximum absolute atomic E-state index is 12.1. The van der Waals surface area contributed by atoms with Crippen molar-refractivity contribution in [3.05, 3.63) is 59.7 Å². The number of methoxy groups -OCH3 is 1. The van der Waals surface area contributed by atoms with E-state index in [0.29, 0.717) is 12.3 Å². The summed E-state index contributed by atoms with van der Waals surface area (Å²) in [4.78, 5) is 12.1. The number of para-hydroxylation sites is 1. The summed E-state index contributed by atoms with van der Waals surface area (Å²) in [6, 6.07) is 15.6. The topological polar surface area (TPSA) is 47.6 Å². The first-order valence-electron chi connectivity index (χ1n) is 8.23. The number of rotatable bonds is 8. The molecule has 2 rings (SSSR count). The van der Waals surface area contributed by atoms with E-state index in [1.54, 1.807) is 14.0 Å². The minimum atomic E-state index is -0.515. The zero-order valence-electron chi connectivity index (χ0n) is 14.5. The minimum absolute atomic E-state index is 0.101. The standard InChI is InChI=1S/C20H25NO3/c1-15-10-12-18(13-11-15)24-16(2)20(22)21-14-6-8-17-7-4-5-9-19(17)23-3/h4-5,7,9-13,16H,6,8,14H2,1-3H3,(H,21,22)/t16-/m0/s1. The molecule has 0 heterocycles. The van der Waals surface area contributed by atoms with Crippen molar-refractivity contribution in [2.24, 2.45) is 0 Å². The van der Waals surface area contributed by atoms with E-state index in [1.165, 1.54) is 0 Å². The van der Waals surface area contributed by atoms with Crippen molar-refractivity contribution in [1.29, 1.82) is 0 Å². The van der Waals surface area contributed by atoms with Gasteiger partial charge in [0.25, 0.3) is 5.91 Å². The van der Waals surface area contributed by atoms with Gasteiger partial charge in [0.1, 0.15) is 11.5 Å². The van der Waals surface area contributed by atoms with Gasteiger partial charge < -0.3 is 14.8 Å². The SMILES string of the molecule is COc1ccccc1CCCNC(=O)[C@H](C)Oc1ccc(C)cc1. The second-order valence-electron chi connectivity index (χ2n) is 5.78. The van der Waals surface area contributed by atoms with Crippen LogP contribution < -0.4 is 14.8 Å². The Labute approximate surface area is 143 Å². The smallest absolute Gasteiger partial charge is 0.260 e. The number of hydrogen-bond acceptors (Lipinski definition) is 3. The van der Waals surface area contributed by atoms with Gasteiger partial charge in [-0.15, -0.1) is 0 Å². The third-order valence-corrected chi connectivity index (χ3v) is 3.82. The van der Waals surface area contributed by atoms with Gasteiger partial charge in [-0.05, 0) is 50.5 Å². The molecule has 1 amide bonds. The first kappa shape index (κ1) is 17.9. The maximum atomic E-state index is 12.1. The number of nitrogens with one attached hydrogen (secondary N) is 1. The largest absolute Gasteiger partial charge is 0.496 e. The summed E-state index contributed by atoms with van der Waals surface area (Å²) in [5, 5.41) is 2.92. The molecule has 24 heavy (non-hydrogen) atoms. The minimum Gasteiger partial charge on any atom is -0.496 e. The normalized spacial score (nSPS) is 11.6.